The second-order valence-electron chi connectivity index (χ2n) is 5.69. The van der Waals surface area contributed by atoms with E-state index in [1.165, 1.54) is 12.8 Å². The Balaban J connectivity index is 1.63. The third-order valence-electron chi connectivity index (χ3n) is 4.30. The number of hydrogen-bond donors (Lipinski definition) is 1. The summed E-state index contributed by atoms with van der Waals surface area (Å²) in [6.07, 6.45) is 4.57. The lowest BCUT2D eigenvalue weighted by atomic mass is 10.0. The van der Waals surface area contributed by atoms with Crippen LogP contribution in [0.3, 0.4) is 0 Å². The largest absolute Gasteiger partial charge is 0.497 e. The van der Waals surface area contributed by atoms with Crippen molar-refractivity contribution < 1.29 is 14.3 Å². The molecule has 22 heavy (non-hydrogen) atoms. The zero-order valence-corrected chi connectivity index (χ0v) is 13.1. The van der Waals surface area contributed by atoms with Crippen LogP contribution in [-0.4, -0.2) is 38.2 Å². The van der Waals surface area contributed by atoms with Crippen molar-refractivity contribution in [1.29, 1.82) is 0 Å². The fourth-order valence-electron chi connectivity index (χ4n) is 2.85. The molecule has 2 fully saturated rings. The summed E-state index contributed by atoms with van der Waals surface area (Å²) in [5.41, 5.74) is 3.86. The number of nitrogens with one attached hydrogen (secondary N) is 1. The SMILES string of the molecule is COc1ccc(NC(=O)N2CCC(=C3CC3)CC2)c(OC)c1. The molecule has 1 aromatic carbocycles. The van der Waals surface area contributed by atoms with Crippen molar-refractivity contribution in [3.8, 4) is 11.5 Å². The average molecular weight is 302 g/mol. The zero-order chi connectivity index (χ0) is 15.5. The number of likely N-dealkylation sites (tertiary alicyclic amines) is 1. The summed E-state index contributed by atoms with van der Waals surface area (Å²) in [6, 6.07) is 5.31. The van der Waals surface area contributed by atoms with Gasteiger partial charge in [0.05, 0.1) is 19.9 Å². The maximum absolute atomic E-state index is 12.4. The van der Waals surface area contributed by atoms with Gasteiger partial charge < -0.3 is 19.7 Å². The van der Waals surface area contributed by atoms with Crippen molar-refractivity contribution in [2.75, 3.05) is 32.6 Å². The van der Waals surface area contributed by atoms with Crippen molar-refractivity contribution in [2.45, 2.75) is 25.7 Å². The van der Waals surface area contributed by atoms with Crippen molar-refractivity contribution in [3.05, 3.63) is 29.3 Å². The number of anilines is 1. The molecule has 1 saturated carbocycles. The van der Waals surface area contributed by atoms with Crippen LogP contribution in [0.5, 0.6) is 11.5 Å². The first-order valence-electron chi connectivity index (χ1n) is 7.69. The Morgan fingerprint density at radius 2 is 1.73 bits per heavy atom. The van der Waals surface area contributed by atoms with Gasteiger partial charge in [-0.25, -0.2) is 4.79 Å². The van der Waals surface area contributed by atoms with Crippen LogP contribution in [0.1, 0.15) is 25.7 Å². The minimum Gasteiger partial charge on any atom is -0.497 e. The summed E-state index contributed by atoms with van der Waals surface area (Å²) in [7, 11) is 3.19. The first-order valence-corrected chi connectivity index (χ1v) is 7.69. The third-order valence-corrected chi connectivity index (χ3v) is 4.30. The smallest absolute Gasteiger partial charge is 0.321 e. The zero-order valence-electron chi connectivity index (χ0n) is 13.1. The molecule has 1 aromatic rings. The molecular weight excluding hydrogens is 280 g/mol. The monoisotopic (exact) mass is 302 g/mol. The maximum Gasteiger partial charge on any atom is 0.321 e. The lowest BCUT2D eigenvalue weighted by Gasteiger charge is -2.29. The summed E-state index contributed by atoms with van der Waals surface area (Å²) >= 11 is 0. The molecule has 118 valence electrons. The molecule has 5 nitrogen and oxygen atoms in total. The molecule has 0 bridgehead atoms. The van der Waals surface area contributed by atoms with Gasteiger partial charge in [0.15, 0.2) is 0 Å². The van der Waals surface area contributed by atoms with Gasteiger partial charge in [0, 0.05) is 19.2 Å². The number of piperidine rings is 1. The van der Waals surface area contributed by atoms with Gasteiger partial charge in [-0.2, -0.15) is 0 Å². The predicted molar refractivity (Wildman–Crippen MR) is 85.6 cm³/mol. The Hall–Kier alpha value is -2.17. The summed E-state index contributed by atoms with van der Waals surface area (Å²) in [5, 5.41) is 2.93. The third kappa shape index (κ3) is 3.18. The minimum absolute atomic E-state index is 0.0664. The van der Waals surface area contributed by atoms with E-state index < -0.39 is 0 Å². The van der Waals surface area contributed by atoms with E-state index in [1.54, 1.807) is 37.5 Å². The molecule has 0 atom stereocenters. The lowest BCUT2D eigenvalue weighted by Crippen LogP contribution is -2.39. The molecule has 1 heterocycles. The highest BCUT2D eigenvalue weighted by atomic mass is 16.5. The Morgan fingerprint density at radius 1 is 1.05 bits per heavy atom. The highest BCUT2D eigenvalue weighted by molar-refractivity contribution is 5.91. The molecule has 2 aliphatic rings. The van der Waals surface area contributed by atoms with E-state index in [2.05, 4.69) is 5.32 Å². The number of carbonyl (C=O) groups excluding carboxylic acids is 1. The first-order chi connectivity index (χ1) is 10.7. The normalized spacial score (nSPS) is 17.3. The molecule has 0 unspecified atom stereocenters. The molecule has 1 aliphatic carbocycles. The molecule has 0 radical (unpaired) electrons. The highest BCUT2D eigenvalue weighted by Crippen LogP contribution is 2.36. The van der Waals surface area contributed by atoms with Gasteiger partial charge in [0.1, 0.15) is 11.5 Å². The Kier molecular flexibility index (Phi) is 4.22. The van der Waals surface area contributed by atoms with E-state index in [0.29, 0.717) is 17.2 Å². The topological polar surface area (TPSA) is 50.8 Å². The van der Waals surface area contributed by atoms with Crippen LogP contribution in [0, 0.1) is 0 Å². The first kappa shape index (κ1) is 14.8. The number of benzene rings is 1. The fraction of sp³-hybridized carbons (Fsp3) is 0.471. The Labute approximate surface area is 130 Å². The quantitative estimate of drug-likeness (QED) is 0.870. The number of allylic oxidation sites excluding steroid dienone is 1. The summed E-state index contributed by atoms with van der Waals surface area (Å²) < 4.78 is 10.5. The summed E-state index contributed by atoms with van der Waals surface area (Å²) in [6.45, 7) is 1.59. The summed E-state index contributed by atoms with van der Waals surface area (Å²) in [4.78, 5) is 14.3. The fourth-order valence-corrected chi connectivity index (χ4v) is 2.85. The summed E-state index contributed by atoms with van der Waals surface area (Å²) in [5.74, 6) is 1.30. The average Bonchev–Trinajstić information content (AvgIpc) is 3.40. The number of carbonyl (C=O) groups is 1. The van der Waals surface area contributed by atoms with Gasteiger partial charge in [-0.1, -0.05) is 11.1 Å². The molecule has 0 aromatic heterocycles. The van der Waals surface area contributed by atoms with E-state index in [9.17, 15) is 4.79 Å². The van der Waals surface area contributed by atoms with E-state index in [1.807, 2.05) is 11.0 Å². The maximum atomic E-state index is 12.4. The molecule has 0 spiro atoms. The minimum atomic E-state index is -0.0664. The van der Waals surface area contributed by atoms with Gasteiger partial charge >= 0.3 is 6.03 Å². The number of ether oxygens (including phenoxy) is 2. The molecule has 1 saturated heterocycles. The van der Waals surface area contributed by atoms with Gasteiger partial charge in [0.2, 0.25) is 0 Å². The van der Waals surface area contributed by atoms with Crippen molar-refractivity contribution in [2.24, 2.45) is 0 Å². The number of rotatable bonds is 3. The molecule has 3 rings (SSSR count). The van der Waals surface area contributed by atoms with Crippen LogP contribution in [0.2, 0.25) is 0 Å². The number of methoxy groups -OCH3 is 2. The highest BCUT2D eigenvalue weighted by Gasteiger charge is 2.24. The van der Waals surface area contributed by atoms with E-state index in [-0.39, 0.29) is 6.03 Å². The second-order valence-corrected chi connectivity index (χ2v) is 5.69. The van der Waals surface area contributed by atoms with E-state index in [0.717, 1.165) is 25.9 Å². The molecule has 1 aliphatic heterocycles. The molecule has 1 N–H and O–H groups in total. The number of urea groups is 1. The van der Waals surface area contributed by atoms with Gasteiger partial charge in [-0.15, -0.1) is 0 Å². The van der Waals surface area contributed by atoms with E-state index in [4.69, 9.17) is 9.47 Å². The van der Waals surface area contributed by atoms with Crippen LogP contribution in [0.25, 0.3) is 0 Å². The van der Waals surface area contributed by atoms with Crippen LogP contribution < -0.4 is 14.8 Å². The Morgan fingerprint density at radius 3 is 2.32 bits per heavy atom. The van der Waals surface area contributed by atoms with Crippen molar-refractivity contribution >= 4 is 11.7 Å². The number of nitrogens with zero attached hydrogens (tertiary/aromatic N) is 1. The van der Waals surface area contributed by atoms with Crippen molar-refractivity contribution in [3.63, 3.8) is 0 Å². The standard InChI is InChI=1S/C17H22N2O3/c1-21-14-5-6-15(16(11-14)22-2)18-17(20)19-9-7-13(8-10-19)12-3-4-12/h5-6,11H,3-4,7-10H2,1-2H3,(H,18,20). The van der Waals surface area contributed by atoms with Crippen LogP contribution in [0.4, 0.5) is 10.5 Å². The molecular formula is C17H22N2O3. The van der Waals surface area contributed by atoms with Crippen molar-refractivity contribution in [1.82, 2.24) is 4.90 Å². The van der Waals surface area contributed by atoms with Gasteiger partial charge in [-0.3, -0.25) is 0 Å². The van der Waals surface area contributed by atoms with Crippen LogP contribution in [0.15, 0.2) is 29.3 Å². The number of hydrogen-bond acceptors (Lipinski definition) is 3. The van der Waals surface area contributed by atoms with E-state index >= 15 is 0 Å². The van der Waals surface area contributed by atoms with Gasteiger partial charge in [0.25, 0.3) is 0 Å². The van der Waals surface area contributed by atoms with Gasteiger partial charge in [-0.05, 0) is 37.8 Å². The molecule has 2 amide bonds. The second kappa shape index (κ2) is 6.30. The Bertz CT molecular complexity index is 594. The van der Waals surface area contributed by atoms with Crippen LogP contribution >= 0.6 is 0 Å². The lowest BCUT2D eigenvalue weighted by molar-refractivity contribution is 0.207. The predicted octanol–water partition coefficient (Wildman–Crippen LogP) is 3.42. The van der Waals surface area contributed by atoms with Crippen LogP contribution in [-0.2, 0) is 0 Å². The number of amides is 2. The molecule has 5 heteroatoms.